The van der Waals surface area contributed by atoms with Crippen molar-refractivity contribution >= 4 is 33.5 Å². The molecular weight excluding hydrogens is 476 g/mol. The Balaban J connectivity index is 1.56. The minimum absolute atomic E-state index is 0.0559. The van der Waals surface area contributed by atoms with Gasteiger partial charge < -0.3 is 9.47 Å². The number of carbonyl (C=O) groups is 2. The molecule has 0 aliphatic rings. The molecule has 0 saturated carbocycles. The van der Waals surface area contributed by atoms with Crippen molar-refractivity contribution in [2.75, 3.05) is 0 Å². The SMILES string of the molecule is O=C(Oc1cccc2cc3cccc(OC(=O)c4cccc(F)c4F)c3cc12)c1cccc(F)c1F. The average molecular weight is 490 g/mol. The maximum absolute atomic E-state index is 14.1. The van der Waals surface area contributed by atoms with Gasteiger partial charge in [-0.3, -0.25) is 0 Å². The largest absolute Gasteiger partial charge is 0.422 e. The summed E-state index contributed by atoms with van der Waals surface area (Å²) in [5, 5.41) is 2.12. The summed E-state index contributed by atoms with van der Waals surface area (Å²) in [5.41, 5.74) is -1.14. The first-order valence-electron chi connectivity index (χ1n) is 10.6. The molecule has 0 N–H and O–H groups in total. The quantitative estimate of drug-likeness (QED) is 0.118. The normalized spacial score (nSPS) is 11.0. The van der Waals surface area contributed by atoms with E-state index in [0.29, 0.717) is 21.5 Å². The van der Waals surface area contributed by atoms with E-state index in [9.17, 15) is 27.2 Å². The second-order valence-corrected chi connectivity index (χ2v) is 7.79. The summed E-state index contributed by atoms with van der Waals surface area (Å²) >= 11 is 0. The van der Waals surface area contributed by atoms with E-state index in [1.807, 2.05) is 0 Å². The van der Waals surface area contributed by atoms with Crippen molar-refractivity contribution in [3.63, 3.8) is 0 Å². The topological polar surface area (TPSA) is 52.6 Å². The van der Waals surface area contributed by atoms with Crippen LogP contribution in [0.2, 0.25) is 0 Å². The third-order valence-corrected chi connectivity index (χ3v) is 5.55. The smallest absolute Gasteiger partial charge is 0.346 e. The summed E-state index contributed by atoms with van der Waals surface area (Å²) in [6.45, 7) is 0. The van der Waals surface area contributed by atoms with E-state index < -0.39 is 46.3 Å². The number of carbonyl (C=O) groups excluding carboxylic acids is 2. The highest BCUT2D eigenvalue weighted by Gasteiger charge is 2.20. The Morgan fingerprint density at radius 2 is 0.944 bits per heavy atom. The summed E-state index contributed by atoms with van der Waals surface area (Å²) in [7, 11) is 0. The fourth-order valence-electron chi connectivity index (χ4n) is 3.81. The number of halogens is 4. The maximum Gasteiger partial charge on any atom is 0.346 e. The van der Waals surface area contributed by atoms with Crippen molar-refractivity contribution in [3.8, 4) is 11.5 Å². The highest BCUT2D eigenvalue weighted by molar-refractivity contribution is 6.05. The second-order valence-electron chi connectivity index (χ2n) is 7.79. The van der Waals surface area contributed by atoms with Gasteiger partial charge in [0, 0.05) is 10.8 Å². The number of esters is 2. The molecule has 0 aromatic heterocycles. The van der Waals surface area contributed by atoms with Gasteiger partial charge in [-0.1, -0.05) is 36.4 Å². The van der Waals surface area contributed by atoms with Crippen LogP contribution in [0, 0.1) is 23.3 Å². The van der Waals surface area contributed by atoms with Crippen molar-refractivity contribution < 1.29 is 36.6 Å². The molecule has 8 heteroatoms. The molecule has 0 heterocycles. The third kappa shape index (κ3) is 4.13. The standard InChI is InChI=1S/C28H14F4O4/c29-21-9-3-7-17(25(21)31)27(33)35-23-11-1-5-15-13-16-6-2-12-24(20(16)14-19(15)23)36-28(34)18-8-4-10-22(30)26(18)32/h1-14H. The lowest BCUT2D eigenvalue weighted by molar-refractivity contribution is 0.0722. The van der Waals surface area contributed by atoms with Crippen molar-refractivity contribution in [3.05, 3.63) is 119 Å². The molecule has 0 bridgehead atoms. The van der Waals surface area contributed by atoms with Gasteiger partial charge in [-0.05, 0) is 59.3 Å². The molecular formula is C28H14F4O4. The highest BCUT2D eigenvalue weighted by atomic mass is 19.2. The molecule has 0 radical (unpaired) electrons. The molecule has 4 nitrogen and oxygen atoms in total. The molecule has 36 heavy (non-hydrogen) atoms. The van der Waals surface area contributed by atoms with E-state index in [0.717, 1.165) is 24.3 Å². The number of ether oxygens (including phenoxy) is 2. The molecule has 0 atom stereocenters. The Bertz CT molecular complexity index is 1560. The van der Waals surface area contributed by atoms with Crippen LogP contribution in [-0.2, 0) is 0 Å². The predicted octanol–water partition coefficient (Wildman–Crippen LogP) is 6.99. The first kappa shape index (κ1) is 23.0. The molecule has 0 aliphatic heterocycles. The van der Waals surface area contributed by atoms with Gasteiger partial charge >= 0.3 is 11.9 Å². The number of benzene rings is 5. The van der Waals surface area contributed by atoms with Gasteiger partial charge in [0.1, 0.15) is 11.5 Å². The zero-order valence-corrected chi connectivity index (χ0v) is 18.2. The summed E-state index contributed by atoms with van der Waals surface area (Å²) in [6, 6.07) is 19.3. The predicted molar refractivity (Wildman–Crippen MR) is 124 cm³/mol. The van der Waals surface area contributed by atoms with Gasteiger partial charge in [-0.2, -0.15) is 0 Å². The van der Waals surface area contributed by atoms with E-state index in [1.54, 1.807) is 36.4 Å². The Kier molecular flexibility index (Phi) is 5.85. The second kappa shape index (κ2) is 9.14. The van der Waals surface area contributed by atoms with Crippen LogP contribution in [0.25, 0.3) is 21.5 Å². The zero-order valence-electron chi connectivity index (χ0n) is 18.2. The van der Waals surface area contributed by atoms with Crippen molar-refractivity contribution in [1.82, 2.24) is 0 Å². The van der Waals surface area contributed by atoms with Crippen LogP contribution >= 0.6 is 0 Å². The van der Waals surface area contributed by atoms with Crippen LogP contribution in [-0.4, -0.2) is 11.9 Å². The molecule has 178 valence electrons. The van der Waals surface area contributed by atoms with Gasteiger partial charge in [0.15, 0.2) is 23.3 Å². The van der Waals surface area contributed by atoms with Gasteiger partial charge in [0.2, 0.25) is 0 Å². The Morgan fingerprint density at radius 3 is 1.39 bits per heavy atom. The molecule has 0 fully saturated rings. The van der Waals surface area contributed by atoms with Crippen LogP contribution in [0.5, 0.6) is 11.5 Å². The lowest BCUT2D eigenvalue weighted by Crippen LogP contribution is -2.12. The third-order valence-electron chi connectivity index (χ3n) is 5.55. The van der Waals surface area contributed by atoms with Crippen LogP contribution in [0.3, 0.4) is 0 Å². The first-order valence-corrected chi connectivity index (χ1v) is 10.6. The zero-order chi connectivity index (χ0) is 25.4. The van der Waals surface area contributed by atoms with E-state index >= 15 is 0 Å². The van der Waals surface area contributed by atoms with E-state index in [2.05, 4.69) is 0 Å². The van der Waals surface area contributed by atoms with Gasteiger partial charge in [-0.15, -0.1) is 0 Å². The van der Waals surface area contributed by atoms with Gasteiger partial charge in [0.05, 0.1) is 11.1 Å². The van der Waals surface area contributed by atoms with Crippen molar-refractivity contribution in [1.29, 1.82) is 0 Å². The number of hydrogen-bond donors (Lipinski definition) is 0. The first-order chi connectivity index (χ1) is 17.3. The van der Waals surface area contributed by atoms with E-state index in [-0.39, 0.29) is 11.5 Å². The maximum atomic E-state index is 14.1. The molecule has 0 amide bonds. The number of hydrogen-bond acceptors (Lipinski definition) is 4. The summed E-state index contributed by atoms with van der Waals surface area (Å²) in [4.78, 5) is 25.1. The molecule has 0 unspecified atom stereocenters. The van der Waals surface area contributed by atoms with Crippen LogP contribution < -0.4 is 9.47 Å². The minimum atomic E-state index is -1.33. The van der Waals surface area contributed by atoms with Crippen molar-refractivity contribution in [2.24, 2.45) is 0 Å². The number of fused-ring (bicyclic) bond motifs is 2. The monoisotopic (exact) mass is 490 g/mol. The Morgan fingerprint density at radius 1 is 0.528 bits per heavy atom. The Labute approximate surface area is 201 Å². The molecule has 5 rings (SSSR count). The lowest BCUT2D eigenvalue weighted by atomic mass is 10.0. The van der Waals surface area contributed by atoms with Crippen LogP contribution in [0.4, 0.5) is 17.6 Å². The number of rotatable bonds is 4. The minimum Gasteiger partial charge on any atom is -0.422 e. The van der Waals surface area contributed by atoms with E-state index in [1.165, 1.54) is 24.3 Å². The molecule has 5 aromatic carbocycles. The molecule has 5 aromatic rings. The van der Waals surface area contributed by atoms with E-state index in [4.69, 9.17) is 9.47 Å². The molecule has 0 aliphatic carbocycles. The van der Waals surface area contributed by atoms with Gasteiger partial charge in [-0.25, -0.2) is 27.2 Å². The summed E-state index contributed by atoms with van der Waals surface area (Å²) < 4.78 is 66.0. The summed E-state index contributed by atoms with van der Waals surface area (Å²) in [6.07, 6.45) is 0. The average Bonchev–Trinajstić information content (AvgIpc) is 2.86. The van der Waals surface area contributed by atoms with Crippen LogP contribution in [0.1, 0.15) is 20.7 Å². The fourth-order valence-corrected chi connectivity index (χ4v) is 3.81. The highest BCUT2D eigenvalue weighted by Crippen LogP contribution is 2.35. The molecule has 0 spiro atoms. The van der Waals surface area contributed by atoms with Gasteiger partial charge in [0.25, 0.3) is 0 Å². The Hall–Kier alpha value is -4.72. The fraction of sp³-hybridized carbons (Fsp3) is 0. The van der Waals surface area contributed by atoms with Crippen LogP contribution in [0.15, 0.2) is 84.9 Å². The van der Waals surface area contributed by atoms with Crippen molar-refractivity contribution in [2.45, 2.75) is 0 Å². The lowest BCUT2D eigenvalue weighted by Gasteiger charge is -2.12. The summed E-state index contributed by atoms with van der Waals surface area (Å²) in [5.74, 6) is -7.11. The molecule has 0 saturated heterocycles.